The van der Waals surface area contributed by atoms with Gasteiger partial charge in [0.25, 0.3) is 0 Å². The Morgan fingerprint density at radius 2 is 0.591 bits per heavy atom. The van der Waals surface area contributed by atoms with Gasteiger partial charge in [-0.25, -0.2) is 28.8 Å². The number of hydrogen-bond acceptors (Lipinski definition) is 16. The minimum atomic E-state index is -1.11. The molecule has 0 aliphatic heterocycles. The lowest BCUT2D eigenvalue weighted by Gasteiger charge is -2.23. The predicted molar refractivity (Wildman–Crippen MR) is 508 cm³/mol. The van der Waals surface area contributed by atoms with Crippen molar-refractivity contribution in [2.45, 2.75) is 137 Å². The number of aliphatic hydroxyl groups is 1. The van der Waals surface area contributed by atoms with Gasteiger partial charge in [-0.1, -0.05) is 283 Å². The highest BCUT2D eigenvalue weighted by Gasteiger charge is 2.24. The van der Waals surface area contributed by atoms with Crippen molar-refractivity contribution in [1.29, 1.82) is 0 Å². The summed E-state index contributed by atoms with van der Waals surface area (Å²) in [5.41, 5.74) is 14.3. The van der Waals surface area contributed by atoms with Crippen LogP contribution in [0.25, 0.3) is 0 Å². The molecule has 1 unspecified atom stereocenters. The number of aryl methyl sites for hydroxylation is 1. The van der Waals surface area contributed by atoms with Crippen LogP contribution < -0.4 is 0 Å². The molecule has 1 atom stereocenters. The summed E-state index contributed by atoms with van der Waals surface area (Å²) in [5, 5.41) is 64.2. The molecule has 7 N–H and O–H groups in total. The minimum absolute atomic E-state index is 0.0145. The fraction of sp³-hybridized carbons (Fsp3) is 0.218. The molecule has 0 amide bonds. The van der Waals surface area contributed by atoms with E-state index < -0.39 is 41.9 Å². The first-order valence-corrected chi connectivity index (χ1v) is 42.8. The van der Waals surface area contributed by atoms with E-state index in [0.717, 1.165) is 92.6 Å². The molecule has 0 spiro atoms. The van der Waals surface area contributed by atoms with E-state index in [-0.39, 0.29) is 151 Å². The topological polar surface area (TPSA) is 385 Å². The van der Waals surface area contributed by atoms with E-state index >= 15 is 0 Å². The lowest BCUT2D eigenvalue weighted by molar-refractivity contribution is -0.116. The Morgan fingerprint density at radius 1 is 0.318 bits per heavy atom. The molecule has 0 aliphatic carbocycles. The lowest BCUT2D eigenvalue weighted by Crippen LogP contribution is -2.15. The van der Waals surface area contributed by atoms with Crippen LogP contribution in [0, 0.1) is 0 Å². The SMILES string of the molecule is CC(=O)Cc1ccc(CC(=O)c2ccccc2C(=O)O)cc1.CC(O)Cc1ccc(CC(=O)c2ccccc2C(=O)O)cc1.CCC(C)(C)c1ccc(CC(=O)c2ccccc2C(=O)O)cc1.CCCc1ccccc1CC(=O)c1ccccc1C(=O)O.CN=C(C)c1cccc(CC(=O)c2ccccc2C(=O)O)c1.COCCc1ccc(CC(=O)c2ccccc2C(=O)O)cc1. The van der Waals surface area contributed by atoms with Gasteiger partial charge >= 0.3 is 35.8 Å². The average Bonchev–Trinajstić information content (AvgIpc) is 0.828. The molecule has 0 saturated heterocycles. The number of rotatable bonds is 36. The number of Topliss-reactive ketones (excluding diaryl/α,β-unsaturated/α-hetero) is 7. The van der Waals surface area contributed by atoms with Crippen molar-refractivity contribution in [1.82, 2.24) is 0 Å². The Hall–Kier alpha value is -15.3. The first-order valence-electron chi connectivity index (χ1n) is 42.8. The van der Waals surface area contributed by atoms with Crippen molar-refractivity contribution in [2.24, 2.45) is 4.99 Å². The van der Waals surface area contributed by atoms with Gasteiger partial charge in [0.1, 0.15) is 5.78 Å². The highest BCUT2D eigenvalue weighted by molar-refractivity contribution is 6.11. The van der Waals surface area contributed by atoms with Crippen LogP contribution in [0.15, 0.2) is 296 Å². The number of aliphatic hydroxyl groups excluding tert-OH is 1. The second-order valence-corrected chi connectivity index (χ2v) is 31.8. The number of carboxylic acids is 6. The van der Waals surface area contributed by atoms with Gasteiger partial charge in [-0.2, -0.15) is 0 Å². The van der Waals surface area contributed by atoms with Crippen LogP contribution in [0.2, 0.25) is 0 Å². The number of carbonyl (C=O) groups excluding carboxylic acids is 7. The maximum absolute atomic E-state index is 12.4. The Kier molecular flexibility index (Phi) is 41.1. The number of carbonyl (C=O) groups is 13. The van der Waals surface area contributed by atoms with Crippen LogP contribution in [0.4, 0.5) is 0 Å². The number of ether oxygens (including phenoxy) is 1. The molecule has 0 bridgehead atoms. The summed E-state index contributed by atoms with van der Waals surface area (Å²) in [7, 11) is 3.38. The number of aliphatic imine (C=N–C) groups is 1. The number of carboxylic acid groups (broad SMARTS) is 6. The summed E-state index contributed by atoms with van der Waals surface area (Å²) in [6.45, 7) is 14.4. The maximum Gasteiger partial charge on any atom is 0.336 e. The quantitative estimate of drug-likeness (QED) is 0.0142. The molecule has 0 radical (unpaired) electrons. The summed E-state index contributed by atoms with van der Waals surface area (Å²) in [5.74, 6) is -7.64. The average molecular weight is 1780 g/mol. The van der Waals surface area contributed by atoms with Gasteiger partial charge < -0.3 is 40.5 Å². The summed E-state index contributed by atoms with van der Waals surface area (Å²) in [6, 6.07) is 83.4. The zero-order valence-corrected chi connectivity index (χ0v) is 75.3. The van der Waals surface area contributed by atoms with E-state index in [1.165, 1.54) is 61.0 Å². The van der Waals surface area contributed by atoms with E-state index in [4.69, 9.17) is 30.3 Å². The molecule has 0 saturated carbocycles. The van der Waals surface area contributed by atoms with Crippen molar-refractivity contribution < 1.29 is 103 Å². The third-order valence-corrected chi connectivity index (χ3v) is 21.5. The van der Waals surface area contributed by atoms with Crippen LogP contribution in [0.1, 0.15) is 252 Å². The summed E-state index contributed by atoms with van der Waals surface area (Å²) >= 11 is 0. The molecular weight excluding hydrogens is 1670 g/mol. The smallest absolute Gasteiger partial charge is 0.336 e. The fourth-order valence-electron chi connectivity index (χ4n) is 13.9. The van der Waals surface area contributed by atoms with Crippen molar-refractivity contribution >= 4 is 82.0 Å². The van der Waals surface area contributed by atoms with Crippen LogP contribution in [0.3, 0.4) is 0 Å². The van der Waals surface area contributed by atoms with E-state index in [1.54, 1.807) is 130 Å². The van der Waals surface area contributed by atoms with Gasteiger partial charge in [-0.3, -0.25) is 38.6 Å². The van der Waals surface area contributed by atoms with Gasteiger partial charge in [0, 0.05) is 98.2 Å². The zero-order chi connectivity index (χ0) is 96.6. The standard InChI is InChI=1S/C20H22O3.C18H17NO3.C18H18O4.C18H16O4.C18H18O4.C18H18O3/c1-4-20(2,3)15-11-9-14(10-12-15)13-18(21)16-7-5-6-8-17(16)19(22)23;1-12(19-2)14-7-5-6-13(10-14)11-17(20)15-8-3-4-9-16(15)18(21)22;2*1-12(19)10-13-6-8-14(9-7-13)11-17(20)15-4-2-3-5-16(15)18(21)22;1-22-11-10-13-6-8-14(9-7-13)12-17(19)15-4-2-3-5-16(15)18(20)21;1-2-7-13-8-3-4-9-14(13)12-17(19)15-10-5-6-11-16(15)18(20)21/h5-12H,4,13H2,1-3H3,(H,22,23);3-10H,11H2,1-2H3,(H,21,22);2-9,12,19H,10-11H2,1H3,(H,21,22);2-9H,10-11H2,1H3,(H,21,22);2-9H,10-12H2,1H3,(H,20,21);3-6,8-11H,2,7,12H2,1H3,(H,20,21). The van der Waals surface area contributed by atoms with Crippen LogP contribution in [0.5, 0.6) is 0 Å². The minimum Gasteiger partial charge on any atom is -0.478 e. The lowest BCUT2D eigenvalue weighted by atomic mass is 9.82. The van der Waals surface area contributed by atoms with Crippen LogP contribution in [-0.2, 0) is 79.2 Å². The third-order valence-electron chi connectivity index (χ3n) is 21.5. The molecule has 0 aromatic heterocycles. The number of ketones is 7. The Labute approximate surface area is 768 Å². The summed E-state index contributed by atoms with van der Waals surface area (Å²) in [6.07, 6.45) is 5.40. The largest absolute Gasteiger partial charge is 0.478 e. The van der Waals surface area contributed by atoms with Crippen molar-refractivity contribution in [3.8, 4) is 0 Å². The van der Waals surface area contributed by atoms with Gasteiger partial charge in [0.05, 0.1) is 46.1 Å². The second kappa shape index (κ2) is 52.3. The molecule has 680 valence electrons. The monoisotopic (exact) mass is 1780 g/mol. The molecule has 0 heterocycles. The summed E-state index contributed by atoms with van der Waals surface area (Å²) < 4.78 is 5.02. The van der Waals surface area contributed by atoms with Crippen molar-refractivity contribution in [3.05, 3.63) is 425 Å². The normalized spacial score (nSPS) is 10.9. The molecule has 12 aromatic carbocycles. The molecule has 22 nitrogen and oxygen atoms in total. The number of benzene rings is 12. The number of nitrogens with zero attached hydrogens (tertiary/aromatic N) is 1. The van der Waals surface area contributed by atoms with Gasteiger partial charge in [-0.15, -0.1) is 0 Å². The molecule has 132 heavy (non-hydrogen) atoms. The Balaban J connectivity index is 0.000000216. The zero-order valence-electron chi connectivity index (χ0n) is 75.3. The first-order chi connectivity index (χ1) is 63.1. The molecule has 22 heteroatoms. The van der Waals surface area contributed by atoms with E-state index in [0.29, 0.717) is 19.4 Å². The third kappa shape index (κ3) is 32.5. The van der Waals surface area contributed by atoms with Crippen molar-refractivity contribution in [2.75, 3.05) is 20.8 Å². The number of hydrogen-bond donors (Lipinski definition) is 7. The Bertz CT molecular complexity index is 6080. The molecule has 12 aromatic rings. The van der Waals surface area contributed by atoms with Crippen LogP contribution >= 0.6 is 0 Å². The van der Waals surface area contributed by atoms with E-state index in [1.807, 2.05) is 128 Å². The van der Waals surface area contributed by atoms with Gasteiger partial charge in [0.2, 0.25) is 0 Å². The molecule has 12 rings (SSSR count). The van der Waals surface area contributed by atoms with Crippen molar-refractivity contribution in [3.63, 3.8) is 0 Å². The molecule has 0 fully saturated rings. The first kappa shape index (κ1) is 104. The molecule has 0 aliphatic rings. The molecular formula is C110H109NO21. The fourth-order valence-corrected chi connectivity index (χ4v) is 13.9. The number of methoxy groups -OCH3 is 1. The Morgan fingerprint density at radius 3 is 0.879 bits per heavy atom. The second-order valence-electron chi connectivity index (χ2n) is 31.8. The highest BCUT2D eigenvalue weighted by Crippen LogP contribution is 2.28. The van der Waals surface area contributed by atoms with E-state index in [2.05, 4.69) is 44.8 Å². The maximum atomic E-state index is 12.4. The van der Waals surface area contributed by atoms with Gasteiger partial charge in [-0.05, 0) is 161 Å². The van der Waals surface area contributed by atoms with E-state index in [9.17, 15) is 72.5 Å². The highest BCUT2D eigenvalue weighted by atomic mass is 16.5. The summed E-state index contributed by atoms with van der Waals surface area (Å²) in [4.78, 5) is 156. The predicted octanol–water partition coefficient (Wildman–Crippen LogP) is 20.2. The number of aromatic carboxylic acids is 6. The van der Waals surface area contributed by atoms with Crippen LogP contribution in [-0.4, -0.2) is 145 Å². The van der Waals surface area contributed by atoms with Gasteiger partial charge in [0.15, 0.2) is 34.7 Å².